The van der Waals surface area contributed by atoms with Gasteiger partial charge in [0.15, 0.2) is 0 Å². The average molecular weight is 290 g/mol. The molecule has 7 nitrogen and oxygen atoms in total. The fourth-order valence-electron chi connectivity index (χ4n) is 1.41. The number of aliphatic hydroxyl groups excluding tert-OH is 1. The number of nitrogens with two attached hydrogens (primary N) is 1. The van der Waals surface area contributed by atoms with E-state index in [0.717, 1.165) is 0 Å². The number of methoxy groups -OCH3 is 2. The zero-order valence-electron chi connectivity index (χ0n) is 11.0. The van der Waals surface area contributed by atoms with Crippen molar-refractivity contribution < 1.29 is 23.0 Å². The number of aliphatic hydroxyl groups is 1. The molecule has 0 amide bonds. The van der Waals surface area contributed by atoms with E-state index in [-0.39, 0.29) is 22.9 Å². The molecule has 0 saturated heterocycles. The Morgan fingerprint density at radius 1 is 1.32 bits per heavy atom. The number of anilines is 1. The molecule has 0 aliphatic heterocycles. The first-order valence-electron chi connectivity index (χ1n) is 5.51. The summed E-state index contributed by atoms with van der Waals surface area (Å²) in [6, 6.07) is 2.65. The molecule has 0 bridgehead atoms. The number of rotatable bonds is 6. The molecular weight excluding hydrogens is 272 g/mol. The van der Waals surface area contributed by atoms with Gasteiger partial charge in [0, 0.05) is 12.6 Å². The molecule has 1 atom stereocenters. The van der Waals surface area contributed by atoms with Crippen LogP contribution in [-0.4, -0.2) is 40.4 Å². The average Bonchev–Trinajstić information content (AvgIpc) is 2.36. The smallest absolute Gasteiger partial charge is 0.244 e. The van der Waals surface area contributed by atoms with Gasteiger partial charge in [-0.2, -0.15) is 0 Å². The molecule has 0 saturated carbocycles. The third kappa shape index (κ3) is 3.72. The summed E-state index contributed by atoms with van der Waals surface area (Å²) in [5.74, 6) is 0.440. The third-order valence-corrected chi connectivity index (χ3v) is 3.82. The molecule has 0 fully saturated rings. The number of sulfonamides is 1. The highest BCUT2D eigenvalue weighted by Crippen LogP contribution is 2.33. The predicted octanol–water partition coefficient (Wildman–Crippen LogP) is -0.0549. The summed E-state index contributed by atoms with van der Waals surface area (Å²) in [7, 11) is -1.05. The van der Waals surface area contributed by atoms with Crippen LogP contribution in [0.2, 0.25) is 0 Å². The van der Waals surface area contributed by atoms with E-state index in [1.807, 2.05) is 0 Å². The van der Waals surface area contributed by atoms with E-state index in [1.54, 1.807) is 0 Å². The zero-order valence-corrected chi connectivity index (χ0v) is 11.8. The van der Waals surface area contributed by atoms with E-state index >= 15 is 0 Å². The summed E-state index contributed by atoms with van der Waals surface area (Å²) < 4.78 is 36.4. The summed E-state index contributed by atoms with van der Waals surface area (Å²) in [4.78, 5) is -0.103. The van der Waals surface area contributed by atoms with Crippen molar-refractivity contribution in [3.63, 3.8) is 0 Å². The fourth-order valence-corrected chi connectivity index (χ4v) is 2.72. The van der Waals surface area contributed by atoms with Gasteiger partial charge in [-0.05, 0) is 13.0 Å². The summed E-state index contributed by atoms with van der Waals surface area (Å²) in [5, 5.41) is 9.12. The molecule has 1 rings (SSSR count). The van der Waals surface area contributed by atoms with Gasteiger partial charge in [0.05, 0.1) is 26.0 Å². The second kappa shape index (κ2) is 6.09. The molecule has 0 heterocycles. The minimum Gasteiger partial charge on any atom is -0.495 e. The molecule has 0 radical (unpaired) electrons. The predicted molar refractivity (Wildman–Crippen MR) is 70.8 cm³/mol. The van der Waals surface area contributed by atoms with Gasteiger partial charge in [0.25, 0.3) is 0 Å². The molecule has 0 unspecified atom stereocenters. The van der Waals surface area contributed by atoms with Crippen LogP contribution in [0.15, 0.2) is 17.0 Å². The number of hydrogen-bond acceptors (Lipinski definition) is 6. The lowest BCUT2D eigenvalue weighted by Crippen LogP contribution is -2.31. The van der Waals surface area contributed by atoms with Gasteiger partial charge in [0.2, 0.25) is 10.0 Å². The molecule has 0 aliphatic rings. The van der Waals surface area contributed by atoms with E-state index in [4.69, 9.17) is 20.3 Å². The highest BCUT2D eigenvalue weighted by molar-refractivity contribution is 7.89. The summed E-state index contributed by atoms with van der Waals surface area (Å²) >= 11 is 0. The topological polar surface area (TPSA) is 111 Å². The molecule has 19 heavy (non-hydrogen) atoms. The molecule has 8 heteroatoms. The Morgan fingerprint density at radius 2 is 1.89 bits per heavy atom. The van der Waals surface area contributed by atoms with Crippen LogP contribution in [0.5, 0.6) is 11.5 Å². The summed E-state index contributed by atoms with van der Waals surface area (Å²) in [5.41, 5.74) is 5.87. The van der Waals surface area contributed by atoms with Crippen LogP contribution in [-0.2, 0) is 10.0 Å². The Morgan fingerprint density at radius 3 is 2.37 bits per heavy atom. The lowest BCUT2D eigenvalue weighted by atomic mass is 10.3. The van der Waals surface area contributed by atoms with E-state index in [1.165, 1.54) is 33.3 Å². The Labute approximate surface area is 112 Å². The zero-order chi connectivity index (χ0) is 14.6. The maximum absolute atomic E-state index is 12.1. The molecule has 4 N–H and O–H groups in total. The van der Waals surface area contributed by atoms with Gasteiger partial charge in [-0.1, -0.05) is 0 Å². The second-order valence-electron chi connectivity index (χ2n) is 3.95. The van der Waals surface area contributed by atoms with Crippen LogP contribution in [0.3, 0.4) is 0 Å². The Hall–Kier alpha value is -1.51. The largest absolute Gasteiger partial charge is 0.495 e. The number of benzene rings is 1. The monoisotopic (exact) mass is 290 g/mol. The van der Waals surface area contributed by atoms with E-state index in [9.17, 15) is 8.42 Å². The van der Waals surface area contributed by atoms with E-state index < -0.39 is 16.1 Å². The number of nitrogen functional groups attached to an aromatic ring is 1. The van der Waals surface area contributed by atoms with Crippen LogP contribution in [0.25, 0.3) is 0 Å². The van der Waals surface area contributed by atoms with Gasteiger partial charge in [-0.15, -0.1) is 0 Å². The highest BCUT2D eigenvalue weighted by atomic mass is 32.2. The van der Waals surface area contributed by atoms with Crippen molar-refractivity contribution in [2.45, 2.75) is 17.9 Å². The minimum absolute atomic E-state index is 0.0998. The summed E-state index contributed by atoms with van der Waals surface area (Å²) in [6.07, 6.45) is -0.795. The number of ether oxygens (including phenoxy) is 2. The van der Waals surface area contributed by atoms with Crippen molar-refractivity contribution >= 4 is 15.7 Å². The normalized spacial score (nSPS) is 13.1. The molecule has 0 aliphatic carbocycles. The molecule has 0 spiro atoms. The number of hydrogen-bond donors (Lipinski definition) is 3. The first kappa shape index (κ1) is 15.5. The van der Waals surface area contributed by atoms with Crippen molar-refractivity contribution in [3.8, 4) is 11.5 Å². The van der Waals surface area contributed by atoms with Crippen LogP contribution in [0, 0.1) is 0 Å². The lowest BCUT2D eigenvalue weighted by molar-refractivity contribution is 0.198. The number of nitrogens with one attached hydrogen (secondary N) is 1. The minimum atomic E-state index is -3.82. The maximum Gasteiger partial charge on any atom is 0.244 e. The van der Waals surface area contributed by atoms with E-state index in [0.29, 0.717) is 5.75 Å². The van der Waals surface area contributed by atoms with Gasteiger partial charge < -0.3 is 20.3 Å². The van der Waals surface area contributed by atoms with Crippen LogP contribution in [0.4, 0.5) is 5.69 Å². The first-order valence-corrected chi connectivity index (χ1v) is 6.99. The van der Waals surface area contributed by atoms with Crippen molar-refractivity contribution in [1.82, 2.24) is 4.72 Å². The van der Waals surface area contributed by atoms with Gasteiger partial charge >= 0.3 is 0 Å². The Kier molecular flexibility index (Phi) is 4.98. The second-order valence-corrected chi connectivity index (χ2v) is 5.68. The molecular formula is C11H18N2O5S. The van der Waals surface area contributed by atoms with Gasteiger partial charge in [0.1, 0.15) is 16.4 Å². The quantitative estimate of drug-likeness (QED) is 0.633. The van der Waals surface area contributed by atoms with Crippen LogP contribution in [0.1, 0.15) is 6.92 Å². The molecule has 108 valence electrons. The van der Waals surface area contributed by atoms with Crippen LogP contribution < -0.4 is 19.9 Å². The maximum atomic E-state index is 12.1. The van der Waals surface area contributed by atoms with Crippen molar-refractivity contribution in [2.24, 2.45) is 0 Å². The standard InChI is InChI=1S/C11H18N2O5S/c1-7(14)6-13-19(15,16)11-4-8(12)9(17-2)5-10(11)18-3/h4-5,7,13-14H,6,12H2,1-3H3/t7-/m1/s1. The van der Waals surface area contributed by atoms with Gasteiger partial charge in [-0.25, -0.2) is 13.1 Å². The lowest BCUT2D eigenvalue weighted by Gasteiger charge is -2.14. The SMILES string of the molecule is COc1cc(OC)c(S(=O)(=O)NC[C@@H](C)O)cc1N. The molecule has 1 aromatic rings. The van der Waals surface area contributed by atoms with Crippen LogP contribution >= 0.6 is 0 Å². The van der Waals surface area contributed by atoms with Crippen molar-refractivity contribution in [2.75, 3.05) is 26.5 Å². The Balaban J connectivity index is 3.22. The third-order valence-electron chi connectivity index (χ3n) is 2.37. The van der Waals surface area contributed by atoms with Crippen molar-refractivity contribution in [1.29, 1.82) is 0 Å². The molecule has 1 aromatic carbocycles. The first-order chi connectivity index (χ1) is 8.81. The van der Waals surface area contributed by atoms with Gasteiger partial charge in [-0.3, -0.25) is 0 Å². The fraction of sp³-hybridized carbons (Fsp3) is 0.455. The Bertz CT molecular complexity index is 542. The van der Waals surface area contributed by atoms with E-state index in [2.05, 4.69) is 4.72 Å². The summed E-state index contributed by atoms with van der Waals surface area (Å²) in [6.45, 7) is 1.37. The van der Waals surface area contributed by atoms with Crippen molar-refractivity contribution in [3.05, 3.63) is 12.1 Å². The molecule has 0 aromatic heterocycles. The highest BCUT2D eigenvalue weighted by Gasteiger charge is 2.22.